The molecule has 1 fully saturated rings. The molecule has 1 amide bonds. The lowest BCUT2D eigenvalue weighted by molar-refractivity contribution is 0.0987. The minimum Gasteiger partial charge on any atom is -0.479 e. The van der Waals surface area contributed by atoms with E-state index in [1.54, 1.807) is 0 Å². The van der Waals surface area contributed by atoms with Gasteiger partial charge in [0.2, 0.25) is 5.76 Å². The second-order valence-corrected chi connectivity index (χ2v) is 4.83. The number of anilines is 2. The molecule has 0 bridgehead atoms. The molecule has 1 aliphatic rings. The summed E-state index contributed by atoms with van der Waals surface area (Å²) in [6.07, 6.45) is 0. The molecule has 0 atom stereocenters. The fraction of sp³-hybridized carbons (Fsp3) is 0.333. The molecule has 0 aliphatic carbocycles. The molecule has 22 heavy (non-hydrogen) atoms. The maximum absolute atomic E-state index is 12.0. The third kappa shape index (κ3) is 3.20. The molecule has 7 heteroatoms. The lowest BCUT2D eigenvalue weighted by atomic mass is 10.2. The summed E-state index contributed by atoms with van der Waals surface area (Å²) in [6.45, 7) is 3.24. The monoisotopic (exact) mass is 303 g/mol. The van der Waals surface area contributed by atoms with Crippen LogP contribution >= 0.6 is 0 Å². The van der Waals surface area contributed by atoms with Gasteiger partial charge in [-0.05, 0) is 29.4 Å². The summed E-state index contributed by atoms with van der Waals surface area (Å²) in [4.78, 5) is 14.2. The standard InChI is InChI=1S/C15H17N3O4/c1-20-14-10-13(22-17-14)15(19)16-11-2-4-12(5-3-11)18-6-8-21-9-7-18/h2-5,10H,6-9H2,1H3,(H,16,19). The smallest absolute Gasteiger partial charge is 0.294 e. The van der Waals surface area contributed by atoms with Crippen molar-refractivity contribution in [1.82, 2.24) is 5.16 Å². The number of aromatic nitrogens is 1. The number of carbonyl (C=O) groups excluding carboxylic acids is 1. The van der Waals surface area contributed by atoms with Gasteiger partial charge < -0.3 is 24.2 Å². The maximum Gasteiger partial charge on any atom is 0.294 e. The molecule has 116 valence electrons. The summed E-state index contributed by atoms with van der Waals surface area (Å²) in [5.74, 6) is 0.0110. The van der Waals surface area contributed by atoms with Crippen LogP contribution in [0.15, 0.2) is 34.9 Å². The van der Waals surface area contributed by atoms with E-state index in [-0.39, 0.29) is 17.5 Å². The van der Waals surface area contributed by atoms with Crippen molar-refractivity contribution < 1.29 is 18.8 Å². The Balaban J connectivity index is 1.64. The van der Waals surface area contributed by atoms with Crippen LogP contribution in [0.1, 0.15) is 10.6 Å². The number of morpholine rings is 1. The minimum absolute atomic E-state index is 0.106. The topological polar surface area (TPSA) is 76.8 Å². The van der Waals surface area contributed by atoms with Gasteiger partial charge in [-0.15, -0.1) is 0 Å². The zero-order valence-corrected chi connectivity index (χ0v) is 12.2. The molecule has 1 aromatic heterocycles. The number of carbonyl (C=O) groups is 1. The lowest BCUT2D eigenvalue weighted by Gasteiger charge is -2.28. The van der Waals surface area contributed by atoms with Crippen LogP contribution in [0.3, 0.4) is 0 Å². The van der Waals surface area contributed by atoms with Crippen LogP contribution in [0, 0.1) is 0 Å². The summed E-state index contributed by atoms with van der Waals surface area (Å²) in [5.41, 5.74) is 1.81. The van der Waals surface area contributed by atoms with E-state index in [1.165, 1.54) is 13.2 Å². The van der Waals surface area contributed by atoms with Crippen molar-refractivity contribution in [3.05, 3.63) is 36.1 Å². The summed E-state index contributed by atoms with van der Waals surface area (Å²) in [5, 5.41) is 6.35. The van der Waals surface area contributed by atoms with E-state index in [0.29, 0.717) is 5.69 Å². The van der Waals surface area contributed by atoms with Gasteiger partial charge in [-0.25, -0.2) is 0 Å². The molecule has 0 radical (unpaired) electrons. The second kappa shape index (κ2) is 6.48. The fourth-order valence-electron chi connectivity index (χ4n) is 2.23. The number of benzene rings is 1. The van der Waals surface area contributed by atoms with E-state index in [2.05, 4.69) is 15.4 Å². The Labute approximate surface area is 127 Å². The predicted octanol–water partition coefficient (Wildman–Crippen LogP) is 1.77. The number of amides is 1. The van der Waals surface area contributed by atoms with Crippen molar-refractivity contribution in [2.45, 2.75) is 0 Å². The zero-order chi connectivity index (χ0) is 15.4. The number of methoxy groups -OCH3 is 1. The number of nitrogens with one attached hydrogen (secondary N) is 1. The number of rotatable bonds is 4. The van der Waals surface area contributed by atoms with Crippen LogP contribution in [0.5, 0.6) is 5.88 Å². The van der Waals surface area contributed by atoms with Gasteiger partial charge >= 0.3 is 0 Å². The van der Waals surface area contributed by atoms with Crippen molar-refractivity contribution in [2.75, 3.05) is 43.6 Å². The first-order chi connectivity index (χ1) is 10.8. The highest BCUT2D eigenvalue weighted by atomic mass is 16.5. The van der Waals surface area contributed by atoms with Gasteiger partial charge in [-0.2, -0.15) is 0 Å². The zero-order valence-electron chi connectivity index (χ0n) is 12.2. The summed E-state index contributed by atoms with van der Waals surface area (Å²) < 4.78 is 15.1. The van der Waals surface area contributed by atoms with Gasteiger partial charge in [0.25, 0.3) is 11.8 Å². The van der Waals surface area contributed by atoms with Gasteiger partial charge in [0, 0.05) is 24.5 Å². The first-order valence-electron chi connectivity index (χ1n) is 7.01. The largest absolute Gasteiger partial charge is 0.479 e. The Morgan fingerprint density at radius 1 is 1.27 bits per heavy atom. The fourth-order valence-corrected chi connectivity index (χ4v) is 2.23. The molecule has 1 aliphatic heterocycles. The van der Waals surface area contributed by atoms with E-state index in [9.17, 15) is 4.79 Å². The average Bonchev–Trinajstić information content (AvgIpc) is 3.06. The molecular weight excluding hydrogens is 286 g/mol. The van der Waals surface area contributed by atoms with Crippen molar-refractivity contribution in [3.8, 4) is 5.88 Å². The van der Waals surface area contributed by atoms with Gasteiger partial charge in [0.15, 0.2) is 0 Å². The Morgan fingerprint density at radius 3 is 2.64 bits per heavy atom. The van der Waals surface area contributed by atoms with Gasteiger partial charge in [0.1, 0.15) is 0 Å². The molecule has 2 aromatic rings. The van der Waals surface area contributed by atoms with Crippen molar-refractivity contribution in [1.29, 1.82) is 0 Å². The van der Waals surface area contributed by atoms with Crippen molar-refractivity contribution in [3.63, 3.8) is 0 Å². The molecule has 1 N–H and O–H groups in total. The maximum atomic E-state index is 12.0. The molecule has 7 nitrogen and oxygen atoms in total. The van der Waals surface area contributed by atoms with E-state index >= 15 is 0 Å². The van der Waals surface area contributed by atoms with Crippen molar-refractivity contribution in [2.24, 2.45) is 0 Å². The molecule has 2 heterocycles. The van der Waals surface area contributed by atoms with Gasteiger partial charge in [-0.3, -0.25) is 4.79 Å². The van der Waals surface area contributed by atoms with Crippen LogP contribution in [0.25, 0.3) is 0 Å². The Bertz CT molecular complexity index is 632. The molecular formula is C15H17N3O4. The second-order valence-electron chi connectivity index (χ2n) is 4.83. The molecule has 0 spiro atoms. The highest BCUT2D eigenvalue weighted by Crippen LogP contribution is 2.20. The lowest BCUT2D eigenvalue weighted by Crippen LogP contribution is -2.36. The Kier molecular flexibility index (Phi) is 4.24. The van der Waals surface area contributed by atoms with Crippen LogP contribution in [-0.4, -0.2) is 44.5 Å². The van der Waals surface area contributed by atoms with E-state index < -0.39 is 0 Å². The SMILES string of the molecule is COc1cc(C(=O)Nc2ccc(N3CCOCC3)cc2)on1. The third-order valence-corrected chi connectivity index (χ3v) is 3.42. The van der Waals surface area contributed by atoms with Crippen LogP contribution < -0.4 is 15.0 Å². The highest BCUT2D eigenvalue weighted by molar-refractivity contribution is 6.02. The molecule has 1 aromatic carbocycles. The van der Waals surface area contributed by atoms with E-state index in [4.69, 9.17) is 14.0 Å². The molecule has 3 rings (SSSR count). The van der Waals surface area contributed by atoms with Crippen LogP contribution in [-0.2, 0) is 4.74 Å². The van der Waals surface area contributed by atoms with Gasteiger partial charge in [0.05, 0.1) is 26.4 Å². The van der Waals surface area contributed by atoms with Crippen LogP contribution in [0.2, 0.25) is 0 Å². The molecule has 0 unspecified atom stereocenters. The van der Waals surface area contributed by atoms with Gasteiger partial charge in [-0.1, -0.05) is 0 Å². The summed E-state index contributed by atoms with van der Waals surface area (Å²) in [6, 6.07) is 9.10. The van der Waals surface area contributed by atoms with Crippen LogP contribution in [0.4, 0.5) is 11.4 Å². The number of nitrogens with zero attached hydrogens (tertiary/aromatic N) is 2. The molecule has 0 saturated carbocycles. The van der Waals surface area contributed by atoms with Crippen molar-refractivity contribution >= 4 is 17.3 Å². The minimum atomic E-state index is -0.366. The quantitative estimate of drug-likeness (QED) is 0.927. The first kappa shape index (κ1) is 14.4. The first-order valence-corrected chi connectivity index (χ1v) is 7.01. The number of hydrogen-bond donors (Lipinski definition) is 1. The normalized spacial score (nSPS) is 14.7. The summed E-state index contributed by atoms with van der Waals surface area (Å²) >= 11 is 0. The predicted molar refractivity (Wildman–Crippen MR) is 80.5 cm³/mol. The number of ether oxygens (including phenoxy) is 2. The number of hydrogen-bond acceptors (Lipinski definition) is 6. The third-order valence-electron chi connectivity index (χ3n) is 3.42. The highest BCUT2D eigenvalue weighted by Gasteiger charge is 2.14. The summed E-state index contributed by atoms with van der Waals surface area (Å²) in [7, 11) is 1.46. The molecule has 1 saturated heterocycles. The average molecular weight is 303 g/mol. The Hall–Kier alpha value is -2.54. The Morgan fingerprint density at radius 2 is 2.00 bits per heavy atom. The van der Waals surface area contributed by atoms with E-state index in [0.717, 1.165) is 32.0 Å². The van der Waals surface area contributed by atoms with E-state index in [1.807, 2.05) is 24.3 Å².